The predicted molar refractivity (Wildman–Crippen MR) is 172 cm³/mol. The summed E-state index contributed by atoms with van der Waals surface area (Å²) in [6.07, 6.45) is 5.46. The quantitative estimate of drug-likeness (QED) is 0.0950. The Morgan fingerprint density at radius 2 is 1.64 bits per heavy atom. The molecule has 3 N–H and O–H groups in total. The minimum atomic E-state index is -1.24. The molecule has 1 saturated carbocycles. The summed E-state index contributed by atoms with van der Waals surface area (Å²) in [6.45, 7) is 0.424. The second-order valence-electron chi connectivity index (χ2n) is 11.0. The van der Waals surface area contributed by atoms with Crippen LogP contribution < -0.4 is 43.7 Å². The number of amides is 2. The molecular weight excluding hydrogens is 624 g/mol. The largest absolute Gasteiger partial charge is 1.00 e. The minimum Gasteiger partial charge on any atom is -1.00 e. The first kappa shape index (κ1) is 35.5. The number of carbonyl (C=O) groups is 3. The van der Waals surface area contributed by atoms with Crippen LogP contribution in [0.15, 0.2) is 66.9 Å². The number of benzene rings is 3. The van der Waals surface area contributed by atoms with Gasteiger partial charge in [0.05, 0.1) is 19.2 Å². The standard InChI is InChI=1S/C34H33ClFN3O7.Li.H/c1-44-29-19-24-26(20-30(29)45-16-5-3-2-4-9-31(40)41)37-15-12-27(24)46-28-11-10-23(18-25(28)36)39-33(43)34(13-14-34)32(42)38-22-8-6-7-21(35)17-22;;/h6-8,10-12,15,17-20H,2-5,9,13-14,16H2,1H3,(H,38,42)(H,39,43)(H,40,41);;/q;+1;-1. The summed E-state index contributed by atoms with van der Waals surface area (Å²) in [4.78, 5) is 41.0. The third-order valence-corrected chi connectivity index (χ3v) is 7.88. The number of pyridine rings is 1. The zero-order valence-electron chi connectivity index (χ0n) is 27.1. The van der Waals surface area contributed by atoms with E-state index in [4.69, 9.17) is 30.9 Å². The predicted octanol–water partition coefficient (Wildman–Crippen LogP) is 4.72. The van der Waals surface area contributed by atoms with Crippen molar-refractivity contribution in [2.24, 2.45) is 5.41 Å². The molecule has 2 amide bonds. The average molecular weight is 658 g/mol. The van der Waals surface area contributed by atoms with Crippen LogP contribution in [-0.4, -0.2) is 41.6 Å². The number of carboxylic acids is 1. The number of nitrogens with zero attached hydrogens (tertiary/aromatic N) is 1. The van der Waals surface area contributed by atoms with Crippen LogP contribution in [0.2, 0.25) is 5.02 Å². The number of ether oxygens (including phenoxy) is 3. The smallest absolute Gasteiger partial charge is 1.00 e. The summed E-state index contributed by atoms with van der Waals surface area (Å²) in [6, 6.07) is 15.7. The normalized spacial score (nSPS) is 12.8. The molecule has 0 saturated heterocycles. The van der Waals surface area contributed by atoms with E-state index in [1.165, 1.54) is 25.4 Å². The molecule has 0 atom stereocenters. The van der Waals surface area contributed by atoms with E-state index in [0.717, 1.165) is 25.3 Å². The van der Waals surface area contributed by atoms with Gasteiger partial charge < -0.3 is 31.4 Å². The van der Waals surface area contributed by atoms with Gasteiger partial charge in [0.1, 0.15) is 11.2 Å². The number of unbranched alkanes of at least 4 members (excludes halogenated alkanes) is 3. The molecule has 10 nitrogen and oxygen atoms in total. The Bertz CT molecular complexity index is 1780. The molecule has 47 heavy (non-hydrogen) atoms. The number of carbonyl (C=O) groups excluding carboxylic acids is 2. The molecule has 1 aliphatic rings. The van der Waals surface area contributed by atoms with E-state index in [2.05, 4.69) is 15.6 Å². The van der Waals surface area contributed by atoms with E-state index in [1.54, 1.807) is 42.5 Å². The molecule has 0 aliphatic heterocycles. The number of aromatic nitrogens is 1. The van der Waals surface area contributed by atoms with Crippen LogP contribution in [0.4, 0.5) is 15.8 Å². The molecule has 0 unspecified atom stereocenters. The van der Waals surface area contributed by atoms with Gasteiger partial charge in [-0.1, -0.05) is 30.5 Å². The molecule has 1 aromatic heterocycles. The van der Waals surface area contributed by atoms with Gasteiger partial charge in [-0.3, -0.25) is 19.4 Å². The van der Waals surface area contributed by atoms with E-state index in [0.29, 0.717) is 64.7 Å². The maximum absolute atomic E-state index is 15.2. The van der Waals surface area contributed by atoms with Crippen LogP contribution >= 0.6 is 11.6 Å². The molecule has 0 bridgehead atoms. The van der Waals surface area contributed by atoms with Crippen LogP contribution in [0.1, 0.15) is 46.4 Å². The third kappa shape index (κ3) is 8.95. The second kappa shape index (κ2) is 16.0. The van der Waals surface area contributed by atoms with Crippen molar-refractivity contribution < 1.29 is 58.4 Å². The van der Waals surface area contributed by atoms with Gasteiger partial charge in [0.25, 0.3) is 0 Å². The molecule has 0 radical (unpaired) electrons. The van der Waals surface area contributed by atoms with Gasteiger partial charge in [0.2, 0.25) is 11.8 Å². The Kier molecular flexibility index (Phi) is 12.1. The summed E-state index contributed by atoms with van der Waals surface area (Å²) in [7, 11) is 1.51. The Morgan fingerprint density at radius 3 is 2.30 bits per heavy atom. The number of nitrogens with one attached hydrogen (secondary N) is 2. The van der Waals surface area contributed by atoms with Gasteiger partial charge in [-0.2, -0.15) is 0 Å². The van der Waals surface area contributed by atoms with E-state index in [-0.39, 0.29) is 38.1 Å². The fourth-order valence-electron chi connectivity index (χ4n) is 4.93. The number of hydrogen-bond donors (Lipinski definition) is 3. The number of aliphatic carboxylic acids is 1. The fraction of sp³-hybridized carbons (Fsp3) is 0.294. The molecule has 0 spiro atoms. The number of halogens is 2. The number of hydrogen-bond acceptors (Lipinski definition) is 7. The Balaban J connectivity index is 0.00000312. The summed E-state index contributed by atoms with van der Waals surface area (Å²) in [5, 5.41) is 15.2. The minimum absolute atomic E-state index is 0. The van der Waals surface area contributed by atoms with Gasteiger partial charge >= 0.3 is 24.8 Å². The maximum atomic E-state index is 15.2. The molecule has 4 aromatic rings. The number of methoxy groups -OCH3 is 1. The van der Waals surface area contributed by atoms with Crippen molar-refractivity contribution in [2.75, 3.05) is 24.4 Å². The zero-order valence-corrected chi connectivity index (χ0v) is 26.9. The molecule has 1 aliphatic carbocycles. The van der Waals surface area contributed by atoms with Gasteiger partial charge in [-0.05, 0) is 68.1 Å². The number of fused-ring (bicyclic) bond motifs is 1. The van der Waals surface area contributed by atoms with Crippen molar-refractivity contribution in [3.05, 3.63) is 77.7 Å². The van der Waals surface area contributed by atoms with E-state index in [1.807, 2.05) is 0 Å². The topological polar surface area (TPSA) is 136 Å². The van der Waals surface area contributed by atoms with E-state index >= 15 is 4.39 Å². The van der Waals surface area contributed by atoms with Gasteiger partial charge in [-0.25, -0.2) is 4.39 Å². The summed E-state index contributed by atoms with van der Waals surface area (Å²) in [5.74, 6) is -1.29. The molecule has 1 heterocycles. The van der Waals surface area contributed by atoms with Crippen LogP contribution in [0.25, 0.3) is 10.9 Å². The number of carboxylic acid groups (broad SMARTS) is 1. The maximum Gasteiger partial charge on any atom is 1.00 e. The first-order valence-electron chi connectivity index (χ1n) is 14.9. The second-order valence-corrected chi connectivity index (χ2v) is 11.4. The molecule has 5 rings (SSSR count). The van der Waals surface area contributed by atoms with Gasteiger partial charge in [-0.15, -0.1) is 0 Å². The molecule has 1 fully saturated rings. The van der Waals surface area contributed by atoms with Crippen molar-refractivity contribution in [2.45, 2.75) is 44.9 Å². The Labute approximate surface area is 289 Å². The van der Waals surface area contributed by atoms with Gasteiger partial charge in [0, 0.05) is 46.5 Å². The third-order valence-electron chi connectivity index (χ3n) is 7.64. The van der Waals surface area contributed by atoms with Crippen molar-refractivity contribution in [1.29, 1.82) is 0 Å². The van der Waals surface area contributed by atoms with Crippen LogP contribution in [0.5, 0.6) is 23.0 Å². The Hall–Kier alpha value is -4.30. The molecule has 3 aromatic carbocycles. The SMILES string of the molecule is COc1cc2c(Oc3ccc(NC(=O)C4(C(=O)Nc5cccc(Cl)c5)CC4)cc3F)ccnc2cc1OCCCCCCC(=O)O.[H-].[Li+]. The Morgan fingerprint density at radius 1 is 0.915 bits per heavy atom. The van der Waals surface area contributed by atoms with Crippen molar-refractivity contribution in [3.8, 4) is 23.0 Å². The van der Waals surface area contributed by atoms with E-state index in [9.17, 15) is 14.4 Å². The number of anilines is 2. The van der Waals surface area contributed by atoms with Crippen LogP contribution in [0.3, 0.4) is 0 Å². The van der Waals surface area contributed by atoms with Crippen molar-refractivity contribution >= 4 is 51.7 Å². The monoisotopic (exact) mass is 657 g/mol. The number of rotatable bonds is 15. The van der Waals surface area contributed by atoms with Crippen LogP contribution in [0, 0.1) is 11.2 Å². The zero-order chi connectivity index (χ0) is 32.7. The fourth-order valence-corrected chi connectivity index (χ4v) is 5.12. The first-order chi connectivity index (χ1) is 22.2. The van der Waals surface area contributed by atoms with Gasteiger partial charge in [0.15, 0.2) is 23.1 Å². The summed E-state index contributed by atoms with van der Waals surface area (Å²) in [5.41, 5.74) is -0.0321. The molecule has 242 valence electrons. The average Bonchev–Trinajstić information content (AvgIpc) is 3.84. The molecular formula is C34H34ClFLiN3O7. The van der Waals surface area contributed by atoms with Crippen molar-refractivity contribution in [1.82, 2.24) is 4.98 Å². The summed E-state index contributed by atoms with van der Waals surface area (Å²) < 4.78 is 32.6. The first-order valence-corrected chi connectivity index (χ1v) is 15.2. The van der Waals surface area contributed by atoms with E-state index < -0.39 is 29.0 Å². The summed E-state index contributed by atoms with van der Waals surface area (Å²) >= 11 is 5.99. The molecule has 13 heteroatoms. The van der Waals surface area contributed by atoms with Crippen molar-refractivity contribution in [3.63, 3.8) is 0 Å². The van der Waals surface area contributed by atoms with Crippen LogP contribution in [-0.2, 0) is 14.4 Å².